The minimum atomic E-state index is -1.06. The highest BCUT2D eigenvalue weighted by molar-refractivity contribution is 6.32. The van der Waals surface area contributed by atoms with Gasteiger partial charge in [-0.3, -0.25) is 0 Å². The Hall–Kier alpha value is -2.68. The minimum Gasteiger partial charge on any atom is -0.508 e. The number of hydrogen-bond donors (Lipinski definition) is 4. The second kappa shape index (κ2) is 9.88. The van der Waals surface area contributed by atoms with Crippen LogP contribution in [-0.4, -0.2) is 59.3 Å². The summed E-state index contributed by atoms with van der Waals surface area (Å²) in [5.74, 6) is 0.319. The van der Waals surface area contributed by atoms with Gasteiger partial charge in [-0.1, -0.05) is 17.7 Å². The van der Waals surface area contributed by atoms with Gasteiger partial charge in [-0.25, -0.2) is 4.79 Å². The molecule has 30 heavy (non-hydrogen) atoms. The molecule has 1 heterocycles. The number of phenolic OH excluding ortho intramolecular Hbond substituents is 1. The fourth-order valence-electron chi connectivity index (χ4n) is 2.98. The number of halogens is 1. The van der Waals surface area contributed by atoms with E-state index in [9.17, 15) is 15.0 Å². The van der Waals surface area contributed by atoms with Crippen LogP contribution in [0.2, 0.25) is 5.02 Å². The van der Waals surface area contributed by atoms with Crippen LogP contribution in [0, 0.1) is 0 Å². The number of ether oxygens (including phenoxy) is 3. The zero-order valence-electron chi connectivity index (χ0n) is 16.4. The molecule has 9 heteroatoms. The Morgan fingerprint density at radius 1 is 1.30 bits per heavy atom. The Bertz CT molecular complexity index is 892. The first-order valence-electron chi connectivity index (χ1n) is 9.49. The Kier molecular flexibility index (Phi) is 7.25. The Morgan fingerprint density at radius 3 is 2.83 bits per heavy atom. The van der Waals surface area contributed by atoms with Gasteiger partial charge < -0.3 is 34.8 Å². The van der Waals surface area contributed by atoms with Crippen molar-refractivity contribution in [1.29, 1.82) is 0 Å². The summed E-state index contributed by atoms with van der Waals surface area (Å²) in [6.07, 6.45) is -1.06. The molecule has 162 valence electrons. The summed E-state index contributed by atoms with van der Waals surface area (Å²) in [5.41, 5.74) is 0.993. The lowest BCUT2D eigenvalue weighted by atomic mass is 10.1. The average Bonchev–Trinajstić information content (AvgIpc) is 2.71. The molecule has 8 nitrogen and oxygen atoms in total. The summed E-state index contributed by atoms with van der Waals surface area (Å²) in [5, 5.41) is 32.0. The van der Waals surface area contributed by atoms with E-state index < -0.39 is 18.2 Å². The van der Waals surface area contributed by atoms with Crippen LogP contribution < -0.4 is 19.5 Å². The predicted octanol–water partition coefficient (Wildman–Crippen LogP) is 2.23. The summed E-state index contributed by atoms with van der Waals surface area (Å²) in [6.45, 7) is 2.33. The lowest BCUT2D eigenvalue weighted by Crippen LogP contribution is -2.37. The van der Waals surface area contributed by atoms with Crippen LogP contribution >= 0.6 is 11.6 Å². The van der Waals surface area contributed by atoms with E-state index >= 15 is 0 Å². The Morgan fingerprint density at radius 2 is 2.10 bits per heavy atom. The highest BCUT2D eigenvalue weighted by Crippen LogP contribution is 2.33. The highest BCUT2D eigenvalue weighted by Gasteiger charge is 2.27. The van der Waals surface area contributed by atoms with Crippen molar-refractivity contribution >= 4 is 17.6 Å². The van der Waals surface area contributed by atoms with Gasteiger partial charge in [-0.2, -0.15) is 0 Å². The summed E-state index contributed by atoms with van der Waals surface area (Å²) >= 11 is 5.97. The normalized spacial score (nSPS) is 17.2. The molecule has 2 aromatic rings. The molecule has 2 aromatic carbocycles. The van der Waals surface area contributed by atoms with Crippen LogP contribution in [-0.2, 0) is 11.2 Å². The molecule has 3 rings (SSSR count). The Balaban J connectivity index is 1.44. The topological polar surface area (TPSA) is 117 Å². The number of aliphatic carboxylic acids is 1. The maximum absolute atomic E-state index is 11.0. The molecule has 0 aliphatic carbocycles. The number of hydrogen-bond acceptors (Lipinski definition) is 7. The molecule has 0 saturated heterocycles. The predicted molar refractivity (Wildman–Crippen MR) is 110 cm³/mol. The maximum atomic E-state index is 11.0. The van der Waals surface area contributed by atoms with Crippen LogP contribution in [0.3, 0.4) is 0 Å². The van der Waals surface area contributed by atoms with Gasteiger partial charge in [0.1, 0.15) is 30.8 Å². The van der Waals surface area contributed by atoms with E-state index in [1.54, 1.807) is 12.1 Å². The van der Waals surface area contributed by atoms with Gasteiger partial charge in [-0.05, 0) is 43.2 Å². The van der Waals surface area contributed by atoms with E-state index in [1.807, 2.05) is 19.1 Å². The third kappa shape index (κ3) is 5.91. The third-order valence-electron chi connectivity index (χ3n) is 4.53. The lowest BCUT2D eigenvalue weighted by Gasteiger charge is -2.24. The first-order valence-corrected chi connectivity index (χ1v) is 9.87. The monoisotopic (exact) mass is 437 g/mol. The average molecular weight is 438 g/mol. The van der Waals surface area contributed by atoms with Crippen molar-refractivity contribution in [3.05, 3.63) is 47.0 Å². The molecule has 3 atom stereocenters. The molecular weight excluding hydrogens is 414 g/mol. The lowest BCUT2D eigenvalue weighted by molar-refractivity contribution is -0.147. The van der Waals surface area contributed by atoms with E-state index in [2.05, 4.69) is 5.32 Å². The van der Waals surface area contributed by atoms with E-state index in [1.165, 1.54) is 12.1 Å². The van der Waals surface area contributed by atoms with Gasteiger partial charge in [0.2, 0.25) is 6.10 Å². The maximum Gasteiger partial charge on any atom is 0.348 e. The van der Waals surface area contributed by atoms with Gasteiger partial charge in [0.25, 0.3) is 0 Å². The molecule has 0 bridgehead atoms. The standard InChI is InChI=1S/C21H24ClNO7/c1-12(23-9-15(25)10-28-17-5-3-14(24)8-16(17)22)6-13-2-4-18-19(7-13)29-11-20(30-18)21(26)27/h2-5,7-8,12,15,20,23-25H,6,9-11H2,1H3,(H,26,27)/t12-,15?,20-/m1/s1. The minimum absolute atomic E-state index is 0.0309. The molecule has 0 saturated carbocycles. The van der Waals surface area contributed by atoms with Crippen molar-refractivity contribution in [3.63, 3.8) is 0 Å². The number of aromatic hydroxyl groups is 1. The van der Waals surface area contributed by atoms with Crippen molar-refractivity contribution in [2.75, 3.05) is 19.8 Å². The summed E-state index contributed by atoms with van der Waals surface area (Å²) < 4.78 is 16.4. The van der Waals surface area contributed by atoms with Gasteiger partial charge in [0.05, 0.1) is 5.02 Å². The third-order valence-corrected chi connectivity index (χ3v) is 4.83. The zero-order valence-corrected chi connectivity index (χ0v) is 17.1. The molecule has 0 spiro atoms. The number of carboxylic acid groups (broad SMARTS) is 1. The van der Waals surface area contributed by atoms with E-state index in [-0.39, 0.29) is 30.0 Å². The smallest absolute Gasteiger partial charge is 0.348 e. The molecule has 0 fully saturated rings. The quantitative estimate of drug-likeness (QED) is 0.472. The van der Waals surface area contributed by atoms with Crippen molar-refractivity contribution in [1.82, 2.24) is 5.32 Å². The number of fused-ring (bicyclic) bond motifs is 1. The number of nitrogens with one attached hydrogen (secondary N) is 1. The number of aliphatic hydroxyl groups is 1. The van der Waals surface area contributed by atoms with Gasteiger partial charge in [-0.15, -0.1) is 0 Å². The van der Waals surface area contributed by atoms with Crippen molar-refractivity contribution < 1.29 is 34.3 Å². The van der Waals surface area contributed by atoms with Crippen LogP contribution in [0.25, 0.3) is 0 Å². The first kappa shape index (κ1) is 22.0. The van der Waals surface area contributed by atoms with Gasteiger partial charge >= 0.3 is 5.97 Å². The van der Waals surface area contributed by atoms with Crippen molar-refractivity contribution in [2.45, 2.75) is 31.6 Å². The molecule has 1 aliphatic heterocycles. The van der Waals surface area contributed by atoms with E-state index in [4.69, 9.17) is 30.9 Å². The van der Waals surface area contributed by atoms with Crippen LogP contribution in [0.4, 0.5) is 0 Å². The summed E-state index contributed by atoms with van der Waals surface area (Å²) in [7, 11) is 0. The van der Waals surface area contributed by atoms with Crippen LogP contribution in [0.1, 0.15) is 12.5 Å². The fourth-order valence-corrected chi connectivity index (χ4v) is 3.21. The first-order chi connectivity index (χ1) is 14.3. The van der Waals surface area contributed by atoms with Gasteiger partial charge in [0, 0.05) is 18.7 Å². The number of phenols is 1. The van der Waals surface area contributed by atoms with Crippen LogP contribution in [0.15, 0.2) is 36.4 Å². The van der Waals surface area contributed by atoms with Gasteiger partial charge in [0.15, 0.2) is 11.5 Å². The highest BCUT2D eigenvalue weighted by atomic mass is 35.5. The Labute approximate surface area is 179 Å². The SMILES string of the molecule is C[C@H](Cc1ccc2c(c1)OC[C@H](C(=O)O)O2)NCC(O)COc1ccc(O)cc1Cl. The van der Waals surface area contributed by atoms with Crippen molar-refractivity contribution in [3.8, 4) is 23.0 Å². The van der Waals surface area contributed by atoms with E-state index in [0.717, 1.165) is 5.56 Å². The zero-order chi connectivity index (χ0) is 21.7. The van der Waals surface area contributed by atoms with E-state index in [0.29, 0.717) is 30.2 Å². The number of carbonyl (C=O) groups is 1. The molecule has 4 N–H and O–H groups in total. The molecule has 0 aromatic heterocycles. The molecular formula is C21H24ClNO7. The number of rotatable bonds is 9. The van der Waals surface area contributed by atoms with Crippen molar-refractivity contribution in [2.24, 2.45) is 0 Å². The largest absolute Gasteiger partial charge is 0.508 e. The molecule has 0 radical (unpaired) electrons. The number of carboxylic acids is 1. The summed E-state index contributed by atoms with van der Waals surface area (Å²) in [6, 6.07) is 9.83. The number of benzene rings is 2. The molecule has 1 aliphatic rings. The fraction of sp³-hybridized carbons (Fsp3) is 0.381. The second-order valence-electron chi connectivity index (χ2n) is 7.13. The van der Waals surface area contributed by atoms with Crippen LogP contribution in [0.5, 0.6) is 23.0 Å². The molecule has 1 unspecified atom stereocenters. The molecule has 0 amide bonds. The summed E-state index contributed by atoms with van der Waals surface area (Å²) in [4.78, 5) is 11.0. The second-order valence-corrected chi connectivity index (χ2v) is 7.54. The number of aliphatic hydroxyl groups excluding tert-OH is 1.